The first kappa shape index (κ1) is 12.9. The summed E-state index contributed by atoms with van der Waals surface area (Å²) < 4.78 is 0. The Morgan fingerprint density at radius 1 is 1.35 bits per heavy atom. The number of hydrogen-bond donors (Lipinski definition) is 1. The van der Waals surface area contributed by atoms with Gasteiger partial charge in [-0.2, -0.15) is 0 Å². The van der Waals surface area contributed by atoms with Gasteiger partial charge in [0.15, 0.2) is 0 Å². The SMILES string of the molecule is CC(C)CNCC1CCC1c1cccc(Cl)c1. The first-order valence-electron chi connectivity index (χ1n) is 6.63. The largest absolute Gasteiger partial charge is 0.316 e. The van der Waals surface area contributed by atoms with Gasteiger partial charge in [-0.1, -0.05) is 37.6 Å². The molecular formula is C15H22ClN. The van der Waals surface area contributed by atoms with E-state index < -0.39 is 0 Å². The zero-order valence-corrected chi connectivity index (χ0v) is 11.5. The maximum absolute atomic E-state index is 6.05. The maximum atomic E-state index is 6.05. The second kappa shape index (κ2) is 5.88. The van der Waals surface area contributed by atoms with Crippen molar-refractivity contribution in [1.82, 2.24) is 5.32 Å². The Labute approximate surface area is 110 Å². The van der Waals surface area contributed by atoms with E-state index in [1.54, 1.807) is 0 Å². The van der Waals surface area contributed by atoms with E-state index in [1.165, 1.54) is 18.4 Å². The highest BCUT2D eigenvalue weighted by Gasteiger charge is 2.31. The Kier molecular flexibility index (Phi) is 4.47. The van der Waals surface area contributed by atoms with E-state index in [0.29, 0.717) is 5.92 Å². The third-order valence-corrected chi connectivity index (χ3v) is 3.89. The van der Waals surface area contributed by atoms with Crippen molar-refractivity contribution in [3.8, 4) is 0 Å². The van der Waals surface area contributed by atoms with Crippen LogP contribution in [0.1, 0.15) is 38.2 Å². The number of hydrogen-bond acceptors (Lipinski definition) is 1. The molecule has 1 aromatic carbocycles. The van der Waals surface area contributed by atoms with Gasteiger partial charge in [0.2, 0.25) is 0 Å². The first-order valence-corrected chi connectivity index (χ1v) is 7.01. The van der Waals surface area contributed by atoms with Gasteiger partial charge in [0, 0.05) is 5.02 Å². The molecule has 0 spiro atoms. The van der Waals surface area contributed by atoms with Gasteiger partial charge in [-0.3, -0.25) is 0 Å². The summed E-state index contributed by atoms with van der Waals surface area (Å²) in [6, 6.07) is 8.36. The summed E-state index contributed by atoms with van der Waals surface area (Å²) >= 11 is 6.05. The van der Waals surface area contributed by atoms with Crippen LogP contribution in [-0.2, 0) is 0 Å². The van der Waals surface area contributed by atoms with E-state index in [9.17, 15) is 0 Å². The normalized spacial score (nSPS) is 23.8. The van der Waals surface area contributed by atoms with E-state index in [-0.39, 0.29) is 0 Å². The highest BCUT2D eigenvalue weighted by Crippen LogP contribution is 2.42. The minimum absolute atomic E-state index is 0.716. The summed E-state index contributed by atoms with van der Waals surface area (Å²) in [7, 11) is 0. The van der Waals surface area contributed by atoms with Crippen LogP contribution in [0.5, 0.6) is 0 Å². The summed E-state index contributed by atoms with van der Waals surface area (Å²) in [5.41, 5.74) is 1.42. The quantitative estimate of drug-likeness (QED) is 0.832. The van der Waals surface area contributed by atoms with Crippen molar-refractivity contribution < 1.29 is 0 Å². The lowest BCUT2D eigenvalue weighted by molar-refractivity contribution is 0.243. The fourth-order valence-corrected chi connectivity index (χ4v) is 2.75. The second-order valence-corrected chi connectivity index (χ2v) is 5.99. The van der Waals surface area contributed by atoms with Crippen LogP contribution in [-0.4, -0.2) is 13.1 Å². The molecule has 0 radical (unpaired) electrons. The van der Waals surface area contributed by atoms with Gasteiger partial charge in [-0.15, -0.1) is 0 Å². The van der Waals surface area contributed by atoms with Gasteiger partial charge >= 0.3 is 0 Å². The van der Waals surface area contributed by atoms with E-state index in [1.807, 2.05) is 6.07 Å². The van der Waals surface area contributed by atoms with Crippen molar-refractivity contribution in [1.29, 1.82) is 0 Å². The monoisotopic (exact) mass is 251 g/mol. The van der Waals surface area contributed by atoms with Crippen LogP contribution >= 0.6 is 11.6 Å². The predicted octanol–water partition coefficient (Wildman–Crippen LogP) is 4.08. The van der Waals surface area contributed by atoms with Gasteiger partial charge < -0.3 is 5.32 Å². The summed E-state index contributed by atoms with van der Waals surface area (Å²) in [5, 5.41) is 4.43. The van der Waals surface area contributed by atoms with Crippen molar-refractivity contribution in [3.05, 3.63) is 34.9 Å². The molecule has 2 heteroatoms. The van der Waals surface area contributed by atoms with Crippen LogP contribution < -0.4 is 5.32 Å². The molecule has 0 saturated heterocycles. The molecule has 1 aromatic rings. The fourth-order valence-electron chi connectivity index (χ4n) is 2.55. The van der Waals surface area contributed by atoms with Crippen LogP contribution in [0.2, 0.25) is 5.02 Å². The van der Waals surface area contributed by atoms with Crippen LogP contribution in [0.15, 0.2) is 24.3 Å². The van der Waals surface area contributed by atoms with E-state index >= 15 is 0 Å². The minimum atomic E-state index is 0.716. The summed E-state index contributed by atoms with van der Waals surface area (Å²) in [5.74, 6) is 2.25. The van der Waals surface area contributed by atoms with Crippen molar-refractivity contribution in [2.45, 2.75) is 32.6 Å². The van der Waals surface area contributed by atoms with Crippen molar-refractivity contribution in [2.75, 3.05) is 13.1 Å². The zero-order chi connectivity index (χ0) is 12.3. The molecule has 1 N–H and O–H groups in total. The number of rotatable bonds is 5. The van der Waals surface area contributed by atoms with Gasteiger partial charge in [0.1, 0.15) is 0 Å². The molecule has 0 amide bonds. The molecule has 0 heterocycles. The number of halogens is 1. The maximum Gasteiger partial charge on any atom is 0.0408 e. The fraction of sp³-hybridized carbons (Fsp3) is 0.600. The molecule has 2 atom stereocenters. The second-order valence-electron chi connectivity index (χ2n) is 5.55. The first-order chi connectivity index (χ1) is 8.16. The summed E-state index contributed by atoms with van der Waals surface area (Å²) in [6.07, 6.45) is 2.66. The molecule has 2 unspecified atom stereocenters. The van der Waals surface area contributed by atoms with Gasteiger partial charge in [-0.05, 0) is 61.4 Å². The molecule has 1 fully saturated rings. The van der Waals surface area contributed by atoms with Crippen LogP contribution in [0.3, 0.4) is 0 Å². The topological polar surface area (TPSA) is 12.0 Å². The Hall–Kier alpha value is -0.530. The molecule has 1 aliphatic carbocycles. The lowest BCUT2D eigenvalue weighted by atomic mass is 9.70. The minimum Gasteiger partial charge on any atom is -0.316 e. The van der Waals surface area contributed by atoms with Gasteiger partial charge in [0.25, 0.3) is 0 Å². The average Bonchev–Trinajstić information content (AvgIpc) is 2.22. The Bertz CT molecular complexity index is 362. The molecule has 0 aliphatic heterocycles. The smallest absolute Gasteiger partial charge is 0.0408 e. The van der Waals surface area contributed by atoms with Crippen LogP contribution in [0.4, 0.5) is 0 Å². The van der Waals surface area contributed by atoms with Crippen molar-refractivity contribution in [3.63, 3.8) is 0 Å². The van der Waals surface area contributed by atoms with Crippen molar-refractivity contribution in [2.24, 2.45) is 11.8 Å². The Morgan fingerprint density at radius 3 is 2.76 bits per heavy atom. The van der Waals surface area contributed by atoms with Gasteiger partial charge in [-0.25, -0.2) is 0 Å². The molecular weight excluding hydrogens is 230 g/mol. The Balaban J connectivity index is 1.86. The molecule has 0 bridgehead atoms. The highest BCUT2D eigenvalue weighted by atomic mass is 35.5. The molecule has 1 aliphatic rings. The summed E-state index contributed by atoms with van der Waals surface area (Å²) in [4.78, 5) is 0. The van der Waals surface area contributed by atoms with Crippen LogP contribution in [0.25, 0.3) is 0 Å². The molecule has 17 heavy (non-hydrogen) atoms. The van der Waals surface area contributed by atoms with Crippen molar-refractivity contribution >= 4 is 11.6 Å². The van der Waals surface area contributed by atoms with E-state index in [4.69, 9.17) is 11.6 Å². The molecule has 0 aromatic heterocycles. The Morgan fingerprint density at radius 2 is 2.18 bits per heavy atom. The highest BCUT2D eigenvalue weighted by molar-refractivity contribution is 6.30. The molecule has 1 saturated carbocycles. The summed E-state index contributed by atoms with van der Waals surface area (Å²) in [6.45, 7) is 6.78. The van der Waals surface area contributed by atoms with Gasteiger partial charge in [0.05, 0.1) is 0 Å². The predicted molar refractivity (Wildman–Crippen MR) is 74.6 cm³/mol. The third kappa shape index (κ3) is 3.46. The standard InChI is InChI=1S/C15H22ClN/c1-11(2)9-17-10-13-6-7-15(13)12-4-3-5-14(16)8-12/h3-5,8,11,13,15,17H,6-7,9-10H2,1-2H3. The van der Waals surface area contributed by atoms with E-state index in [2.05, 4.69) is 37.4 Å². The van der Waals surface area contributed by atoms with E-state index in [0.717, 1.165) is 29.9 Å². The lowest BCUT2D eigenvalue weighted by Crippen LogP contribution is -2.35. The molecule has 1 nitrogen and oxygen atoms in total. The molecule has 2 rings (SSSR count). The zero-order valence-electron chi connectivity index (χ0n) is 10.7. The number of benzene rings is 1. The lowest BCUT2D eigenvalue weighted by Gasteiger charge is -2.37. The third-order valence-electron chi connectivity index (χ3n) is 3.65. The number of nitrogens with one attached hydrogen (secondary N) is 1. The average molecular weight is 252 g/mol. The van der Waals surface area contributed by atoms with Crippen LogP contribution in [0, 0.1) is 11.8 Å². The molecule has 94 valence electrons.